The molecular weight excluding hydrogens is 356 g/mol. The predicted octanol–water partition coefficient (Wildman–Crippen LogP) is 5.30. The Kier molecular flexibility index (Phi) is 4.63. The Morgan fingerprint density at radius 3 is 2.74 bits per heavy atom. The lowest BCUT2D eigenvalue weighted by Gasteiger charge is -2.44. The Bertz CT molecular complexity index is 862. The first kappa shape index (κ1) is 18.9. The second-order valence-electron chi connectivity index (χ2n) is 9.56. The van der Waals surface area contributed by atoms with Crippen molar-refractivity contribution in [2.24, 2.45) is 16.7 Å². The number of aliphatic hydroxyl groups excluding tert-OH is 1. The van der Waals surface area contributed by atoms with Gasteiger partial charge in [0.15, 0.2) is 0 Å². The summed E-state index contributed by atoms with van der Waals surface area (Å²) in [5, 5.41) is 11.1. The topological polar surface area (TPSA) is 46.5 Å². The van der Waals surface area contributed by atoms with Gasteiger partial charge in [-0.1, -0.05) is 25.1 Å². The van der Waals surface area contributed by atoms with Gasteiger partial charge >= 0.3 is 5.97 Å². The summed E-state index contributed by atoms with van der Waals surface area (Å²) < 4.78 is 7.40. The Hall–Kier alpha value is -1.39. The summed E-state index contributed by atoms with van der Waals surface area (Å²) in [6, 6.07) is 8.64. The Balaban J connectivity index is 1.74. The first-order chi connectivity index (χ1) is 12.8. The molecule has 1 heterocycles. The van der Waals surface area contributed by atoms with E-state index in [9.17, 15) is 9.90 Å². The van der Waals surface area contributed by atoms with Gasteiger partial charge in [0, 0.05) is 21.6 Å². The van der Waals surface area contributed by atoms with Crippen LogP contribution in [-0.2, 0) is 16.0 Å². The van der Waals surface area contributed by atoms with Crippen molar-refractivity contribution in [2.75, 3.05) is 6.61 Å². The van der Waals surface area contributed by atoms with Crippen LogP contribution >= 0.6 is 11.3 Å². The molecule has 146 valence electrons. The molecule has 4 rings (SSSR count). The van der Waals surface area contributed by atoms with Gasteiger partial charge in [-0.3, -0.25) is 4.79 Å². The molecule has 0 saturated heterocycles. The van der Waals surface area contributed by atoms with Crippen molar-refractivity contribution in [3.05, 3.63) is 34.7 Å². The number of carbonyl (C=O) groups is 1. The third kappa shape index (κ3) is 3.01. The molecule has 0 radical (unpaired) electrons. The third-order valence-corrected chi connectivity index (χ3v) is 7.92. The average Bonchev–Trinajstić information content (AvgIpc) is 3.11. The minimum Gasteiger partial charge on any atom is -0.461 e. The summed E-state index contributed by atoms with van der Waals surface area (Å²) in [5.74, 6) is 0.696. The Labute approximate surface area is 165 Å². The first-order valence-electron chi connectivity index (χ1n) is 10.1. The van der Waals surface area contributed by atoms with Crippen LogP contribution in [0, 0.1) is 16.7 Å². The number of fused-ring (bicyclic) bond motifs is 4. The van der Waals surface area contributed by atoms with E-state index >= 15 is 0 Å². The van der Waals surface area contributed by atoms with Crippen molar-refractivity contribution in [1.29, 1.82) is 0 Å². The van der Waals surface area contributed by atoms with E-state index in [4.69, 9.17) is 4.74 Å². The maximum absolute atomic E-state index is 12.6. The number of benzene rings is 1. The van der Waals surface area contributed by atoms with Crippen LogP contribution in [0.3, 0.4) is 0 Å². The molecule has 2 aliphatic rings. The molecule has 4 atom stereocenters. The fourth-order valence-electron chi connectivity index (χ4n) is 5.32. The molecule has 3 nitrogen and oxygen atoms in total. The molecule has 1 aromatic heterocycles. The zero-order valence-corrected chi connectivity index (χ0v) is 17.6. The molecule has 4 heteroatoms. The standard InChI is InChI=1S/C23H30O3S/c1-22(2,3)21(25)26-19-10-9-16-14(11-12-24)20-15-7-5-6-8-17(15)27-18(20)13-23(16,19)4/h5-8,14,16,19,24H,9-13H2,1-4H3/t14-,16-,19-,23-/m0/s1. The minimum atomic E-state index is -0.476. The summed E-state index contributed by atoms with van der Waals surface area (Å²) in [7, 11) is 0. The van der Waals surface area contributed by atoms with E-state index in [1.807, 2.05) is 32.1 Å². The number of rotatable bonds is 3. The summed E-state index contributed by atoms with van der Waals surface area (Å²) in [6.07, 6.45) is 3.71. The number of esters is 1. The zero-order chi connectivity index (χ0) is 19.4. The van der Waals surface area contributed by atoms with Gasteiger partial charge in [0.25, 0.3) is 0 Å². The van der Waals surface area contributed by atoms with Gasteiger partial charge in [0.05, 0.1) is 5.41 Å². The highest BCUT2D eigenvalue weighted by Gasteiger charge is 2.55. The normalized spacial score (nSPS) is 30.2. The number of hydrogen-bond acceptors (Lipinski definition) is 4. The van der Waals surface area contributed by atoms with Crippen molar-refractivity contribution in [2.45, 2.75) is 65.4 Å². The Morgan fingerprint density at radius 1 is 1.30 bits per heavy atom. The number of ether oxygens (including phenoxy) is 1. The third-order valence-electron chi connectivity index (χ3n) is 6.73. The number of aliphatic hydroxyl groups is 1. The summed E-state index contributed by atoms with van der Waals surface area (Å²) >= 11 is 1.88. The average molecular weight is 387 g/mol. The fraction of sp³-hybridized carbons (Fsp3) is 0.609. The highest BCUT2D eigenvalue weighted by Crippen LogP contribution is 2.60. The number of hydrogen-bond donors (Lipinski definition) is 1. The predicted molar refractivity (Wildman–Crippen MR) is 110 cm³/mol. The molecular formula is C23H30O3S. The molecule has 1 aromatic carbocycles. The van der Waals surface area contributed by atoms with E-state index in [0.717, 1.165) is 25.7 Å². The fourth-order valence-corrected chi connectivity index (χ4v) is 6.77. The van der Waals surface area contributed by atoms with Gasteiger partial charge in [-0.25, -0.2) is 0 Å². The van der Waals surface area contributed by atoms with Crippen LogP contribution in [0.5, 0.6) is 0 Å². The van der Waals surface area contributed by atoms with Crippen molar-refractivity contribution in [3.8, 4) is 0 Å². The lowest BCUT2D eigenvalue weighted by atomic mass is 9.62. The van der Waals surface area contributed by atoms with Gasteiger partial charge in [0.1, 0.15) is 6.10 Å². The molecule has 0 spiro atoms. The quantitative estimate of drug-likeness (QED) is 0.728. The monoisotopic (exact) mass is 386 g/mol. The van der Waals surface area contributed by atoms with Crippen LogP contribution in [0.2, 0.25) is 0 Å². The van der Waals surface area contributed by atoms with Crippen LogP contribution in [0.15, 0.2) is 24.3 Å². The van der Waals surface area contributed by atoms with E-state index < -0.39 is 5.41 Å². The van der Waals surface area contributed by atoms with Crippen LogP contribution in [-0.4, -0.2) is 23.8 Å². The van der Waals surface area contributed by atoms with Gasteiger partial charge in [-0.2, -0.15) is 0 Å². The summed E-state index contributed by atoms with van der Waals surface area (Å²) in [6.45, 7) is 8.27. The van der Waals surface area contributed by atoms with Gasteiger partial charge in [-0.15, -0.1) is 11.3 Å². The maximum atomic E-state index is 12.6. The van der Waals surface area contributed by atoms with Gasteiger partial charge < -0.3 is 9.84 Å². The lowest BCUT2D eigenvalue weighted by Crippen LogP contribution is -2.44. The largest absolute Gasteiger partial charge is 0.461 e. The van der Waals surface area contributed by atoms with Crippen LogP contribution < -0.4 is 0 Å². The van der Waals surface area contributed by atoms with E-state index in [2.05, 4.69) is 31.2 Å². The smallest absolute Gasteiger partial charge is 0.311 e. The zero-order valence-electron chi connectivity index (χ0n) is 16.7. The van der Waals surface area contributed by atoms with E-state index in [1.54, 1.807) is 0 Å². The molecule has 1 fully saturated rings. The Morgan fingerprint density at radius 2 is 2.04 bits per heavy atom. The summed E-state index contributed by atoms with van der Waals surface area (Å²) in [4.78, 5) is 14.0. The molecule has 0 unspecified atom stereocenters. The van der Waals surface area contributed by atoms with E-state index in [0.29, 0.717) is 11.8 Å². The maximum Gasteiger partial charge on any atom is 0.311 e. The molecule has 0 aliphatic heterocycles. The van der Waals surface area contributed by atoms with E-state index in [1.165, 1.54) is 20.5 Å². The number of thiophene rings is 1. The van der Waals surface area contributed by atoms with Crippen LogP contribution in [0.25, 0.3) is 10.1 Å². The second-order valence-corrected chi connectivity index (χ2v) is 10.7. The second kappa shape index (κ2) is 6.59. The highest BCUT2D eigenvalue weighted by atomic mass is 32.1. The minimum absolute atomic E-state index is 0.0335. The van der Waals surface area contributed by atoms with Crippen LogP contribution in [0.4, 0.5) is 0 Å². The molecule has 1 saturated carbocycles. The molecule has 27 heavy (non-hydrogen) atoms. The molecule has 2 aliphatic carbocycles. The lowest BCUT2D eigenvalue weighted by molar-refractivity contribution is -0.165. The molecule has 0 amide bonds. The van der Waals surface area contributed by atoms with Crippen molar-refractivity contribution >= 4 is 27.4 Å². The van der Waals surface area contributed by atoms with Crippen LogP contribution in [0.1, 0.15) is 63.3 Å². The van der Waals surface area contributed by atoms with Crippen molar-refractivity contribution in [3.63, 3.8) is 0 Å². The van der Waals surface area contributed by atoms with Crippen molar-refractivity contribution < 1.29 is 14.6 Å². The van der Waals surface area contributed by atoms with E-state index in [-0.39, 0.29) is 24.1 Å². The van der Waals surface area contributed by atoms with Gasteiger partial charge in [0.2, 0.25) is 0 Å². The first-order valence-corrected chi connectivity index (χ1v) is 10.9. The molecule has 0 bridgehead atoms. The van der Waals surface area contributed by atoms with Gasteiger partial charge in [-0.05, 0) is 75.3 Å². The SMILES string of the molecule is CC(C)(C)C(=O)O[C@H]1CC[C@H]2[C@H](CCO)c3c(sc4ccccc34)C[C@]12C. The molecule has 2 aromatic rings. The summed E-state index contributed by atoms with van der Waals surface area (Å²) in [5.41, 5.74) is 0.931. The highest BCUT2D eigenvalue weighted by molar-refractivity contribution is 7.19. The van der Waals surface area contributed by atoms with Crippen molar-refractivity contribution in [1.82, 2.24) is 0 Å². The molecule has 1 N–H and O–H groups in total. The number of carbonyl (C=O) groups excluding carboxylic acids is 1.